The second-order valence-electron chi connectivity index (χ2n) is 5.72. The zero-order chi connectivity index (χ0) is 16.4. The van der Waals surface area contributed by atoms with Crippen LogP contribution in [0.4, 0.5) is 4.39 Å². The number of rotatable bonds is 3. The Bertz CT molecular complexity index is 763. The van der Waals surface area contributed by atoms with E-state index < -0.39 is 10.0 Å². The third-order valence-electron chi connectivity index (χ3n) is 4.25. The highest BCUT2D eigenvalue weighted by atomic mass is 32.2. The Morgan fingerprint density at radius 2 is 1.65 bits per heavy atom. The lowest BCUT2D eigenvalue weighted by Crippen LogP contribution is -2.48. The van der Waals surface area contributed by atoms with Gasteiger partial charge in [-0.25, -0.2) is 12.8 Å². The predicted molar refractivity (Wildman–Crippen MR) is 87.0 cm³/mol. The van der Waals surface area contributed by atoms with Gasteiger partial charge in [0.1, 0.15) is 5.82 Å². The third kappa shape index (κ3) is 3.29. The Morgan fingerprint density at radius 1 is 1.00 bits per heavy atom. The van der Waals surface area contributed by atoms with E-state index in [1.54, 1.807) is 42.5 Å². The molecule has 0 aromatic heterocycles. The molecule has 122 valence electrons. The minimum absolute atomic E-state index is 0.0807. The van der Waals surface area contributed by atoms with Crippen LogP contribution in [0.1, 0.15) is 11.6 Å². The maximum atomic E-state index is 13.1. The summed E-state index contributed by atoms with van der Waals surface area (Å²) in [6.45, 7) is 1.44. The largest absolute Gasteiger partial charge is 0.297 e. The minimum atomic E-state index is -3.50. The second-order valence-corrected chi connectivity index (χ2v) is 7.66. The summed E-state index contributed by atoms with van der Waals surface area (Å²) in [6, 6.07) is 14.6. The van der Waals surface area contributed by atoms with Gasteiger partial charge in [-0.3, -0.25) is 4.90 Å². The number of hydrogen-bond acceptors (Lipinski definition) is 3. The molecule has 0 amide bonds. The van der Waals surface area contributed by atoms with E-state index in [1.165, 1.54) is 16.4 Å². The molecule has 0 aliphatic carbocycles. The van der Waals surface area contributed by atoms with Crippen LogP contribution in [0.3, 0.4) is 0 Å². The van der Waals surface area contributed by atoms with Gasteiger partial charge < -0.3 is 0 Å². The van der Waals surface area contributed by atoms with Crippen LogP contribution < -0.4 is 0 Å². The summed E-state index contributed by atoms with van der Waals surface area (Å²) in [5.74, 6) is -0.291. The Labute approximate surface area is 136 Å². The van der Waals surface area contributed by atoms with Gasteiger partial charge in [-0.1, -0.05) is 30.3 Å². The summed E-state index contributed by atoms with van der Waals surface area (Å²) in [4.78, 5) is 2.41. The van der Waals surface area contributed by atoms with E-state index in [-0.39, 0.29) is 11.9 Å². The van der Waals surface area contributed by atoms with Gasteiger partial charge in [-0.05, 0) is 36.9 Å². The molecule has 1 fully saturated rings. The number of piperazine rings is 1. The molecule has 1 aliphatic rings. The zero-order valence-electron chi connectivity index (χ0n) is 12.9. The van der Waals surface area contributed by atoms with Crippen LogP contribution in [-0.2, 0) is 10.0 Å². The van der Waals surface area contributed by atoms with Gasteiger partial charge in [-0.2, -0.15) is 4.31 Å². The molecule has 0 bridgehead atoms. The third-order valence-corrected chi connectivity index (χ3v) is 6.13. The molecule has 2 aromatic rings. The highest BCUT2D eigenvalue weighted by Crippen LogP contribution is 2.27. The molecule has 3 rings (SSSR count). The van der Waals surface area contributed by atoms with Crippen LogP contribution >= 0.6 is 0 Å². The van der Waals surface area contributed by atoms with Crippen LogP contribution in [0.25, 0.3) is 0 Å². The van der Waals surface area contributed by atoms with Crippen molar-refractivity contribution in [2.24, 2.45) is 0 Å². The van der Waals surface area contributed by atoms with Crippen molar-refractivity contribution in [3.05, 3.63) is 66.0 Å². The molecule has 6 heteroatoms. The van der Waals surface area contributed by atoms with Crippen LogP contribution in [0, 0.1) is 5.82 Å². The number of hydrogen-bond donors (Lipinski definition) is 0. The maximum Gasteiger partial charge on any atom is 0.243 e. The first-order valence-corrected chi connectivity index (χ1v) is 8.93. The van der Waals surface area contributed by atoms with E-state index >= 15 is 0 Å². The SMILES string of the molecule is CN1CCN(S(=O)(=O)c2ccccc2)CC1c1ccc(F)cc1. The molecular formula is C17H19FN2O2S. The van der Waals surface area contributed by atoms with E-state index in [0.29, 0.717) is 24.5 Å². The summed E-state index contributed by atoms with van der Waals surface area (Å²) in [7, 11) is -1.54. The van der Waals surface area contributed by atoms with E-state index in [0.717, 1.165) is 5.56 Å². The van der Waals surface area contributed by atoms with Gasteiger partial charge in [0.15, 0.2) is 0 Å². The van der Waals surface area contributed by atoms with Crippen LogP contribution in [0.5, 0.6) is 0 Å². The van der Waals surface area contributed by atoms with Crippen molar-refractivity contribution in [3.8, 4) is 0 Å². The molecule has 1 atom stereocenters. The average molecular weight is 334 g/mol. The highest BCUT2D eigenvalue weighted by Gasteiger charge is 2.33. The monoisotopic (exact) mass is 334 g/mol. The highest BCUT2D eigenvalue weighted by molar-refractivity contribution is 7.89. The summed E-state index contributed by atoms with van der Waals surface area (Å²) < 4.78 is 40.2. The number of halogens is 1. The van der Waals surface area contributed by atoms with Gasteiger partial charge >= 0.3 is 0 Å². The number of likely N-dealkylation sites (N-methyl/N-ethyl adjacent to an activating group) is 1. The molecular weight excluding hydrogens is 315 g/mol. The quantitative estimate of drug-likeness (QED) is 0.866. The van der Waals surface area contributed by atoms with E-state index in [1.807, 2.05) is 7.05 Å². The van der Waals surface area contributed by atoms with Crippen LogP contribution in [-0.4, -0.2) is 44.3 Å². The van der Waals surface area contributed by atoms with Gasteiger partial charge in [0, 0.05) is 25.7 Å². The van der Waals surface area contributed by atoms with Crippen molar-refractivity contribution in [2.45, 2.75) is 10.9 Å². The lowest BCUT2D eigenvalue weighted by molar-refractivity contribution is 0.148. The molecule has 23 heavy (non-hydrogen) atoms. The van der Waals surface area contributed by atoms with E-state index in [4.69, 9.17) is 0 Å². The first-order valence-electron chi connectivity index (χ1n) is 7.49. The number of benzene rings is 2. The lowest BCUT2D eigenvalue weighted by atomic mass is 10.0. The van der Waals surface area contributed by atoms with Gasteiger partial charge in [0.2, 0.25) is 10.0 Å². The van der Waals surface area contributed by atoms with Gasteiger partial charge in [-0.15, -0.1) is 0 Å². The fraction of sp³-hybridized carbons (Fsp3) is 0.294. The van der Waals surface area contributed by atoms with Crippen molar-refractivity contribution < 1.29 is 12.8 Å². The minimum Gasteiger partial charge on any atom is -0.297 e. The molecule has 0 spiro atoms. The Hall–Kier alpha value is -1.76. The van der Waals surface area contributed by atoms with E-state index in [9.17, 15) is 12.8 Å². The Morgan fingerprint density at radius 3 is 2.30 bits per heavy atom. The molecule has 4 nitrogen and oxygen atoms in total. The van der Waals surface area contributed by atoms with Crippen molar-refractivity contribution >= 4 is 10.0 Å². The van der Waals surface area contributed by atoms with Crippen molar-refractivity contribution in [1.29, 1.82) is 0 Å². The van der Waals surface area contributed by atoms with Crippen molar-refractivity contribution in [3.63, 3.8) is 0 Å². The van der Waals surface area contributed by atoms with Crippen molar-refractivity contribution in [2.75, 3.05) is 26.7 Å². The van der Waals surface area contributed by atoms with E-state index in [2.05, 4.69) is 4.90 Å². The topological polar surface area (TPSA) is 40.6 Å². The normalized spacial score (nSPS) is 20.5. The number of sulfonamides is 1. The number of nitrogens with zero attached hydrogens (tertiary/aromatic N) is 2. The average Bonchev–Trinajstić information content (AvgIpc) is 2.57. The summed E-state index contributed by atoms with van der Waals surface area (Å²) in [5, 5.41) is 0. The van der Waals surface area contributed by atoms with Crippen LogP contribution in [0.15, 0.2) is 59.5 Å². The maximum absolute atomic E-state index is 13.1. The molecule has 1 saturated heterocycles. The first kappa shape index (κ1) is 16.1. The smallest absolute Gasteiger partial charge is 0.243 e. The van der Waals surface area contributed by atoms with Crippen molar-refractivity contribution in [1.82, 2.24) is 9.21 Å². The molecule has 0 radical (unpaired) electrons. The molecule has 1 heterocycles. The summed E-state index contributed by atoms with van der Waals surface area (Å²) in [6.07, 6.45) is 0. The molecule has 0 N–H and O–H groups in total. The summed E-state index contributed by atoms with van der Waals surface area (Å²) >= 11 is 0. The lowest BCUT2D eigenvalue weighted by Gasteiger charge is -2.39. The summed E-state index contributed by atoms with van der Waals surface area (Å²) in [5.41, 5.74) is 0.918. The Balaban J connectivity index is 1.87. The zero-order valence-corrected chi connectivity index (χ0v) is 13.7. The van der Waals surface area contributed by atoms with Gasteiger partial charge in [0.05, 0.1) is 4.90 Å². The standard InChI is InChI=1S/C17H19FN2O2S/c1-19-11-12-20(23(21,22)16-5-3-2-4-6-16)13-17(19)14-7-9-15(18)10-8-14/h2-10,17H,11-13H2,1H3. The molecule has 2 aromatic carbocycles. The molecule has 1 unspecified atom stereocenters. The first-order chi connectivity index (χ1) is 11.0. The van der Waals surface area contributed by atoms with Gasteiger partial charge in [0.25, 0.3) is 0 Å². The fourth-order valence-electron chi connectivity index (χ4n) is 2.85. The molecule has 0 saturated carbocycles. The van der Waals surface area contributed by atoms with Crippen LogP contribution in [0.2, 0.25) is 0 Å². The predicted octanol–water partition coefficient (Wildman–Crippen LogP) is 2.50. The molecule has 1 aliphatic heterocycles. The fourth-order valence-corrected chi connectivity index (χ4v) is 4.31. The second kappa shape index (κ2) is 6.39. The Kier molecular flexibility index (Phi) is 4.48.